The average Bonchev–Trinajstić information content (AvgIpc) is 1.66. The fraction of sp³-hybridized carbons (Fsp3) is 0.478. The fourth-order valence-electron chi connectivity index (χ4n) is 14.7. The normalized spacial score (nSPS) is 17.7. The number of amides is 3. The van der Waals surface area contributed by atoms with Gasteiger partial charge in [0.05, 0.1) is 21.4 Å². The van der Waals surface area contributed by atoms with Crippen molar-refractivity contribution in [2.75, 3.05) is 155 Å². The average molecular weight is 2030 g/mol. The SMILES string of the molecule is C.C.C[C@H]1CN(c2cccc(Cl)c2)CCN1.C[C@H]1CN(c2cccc(Cl)c2)CCN1C(=O)OC(C)(C)C.C[C@H]1CNCCN1C(=O)OC(C)(C)C.Cc1c(CN2CCN(c3ccccc3Cl)CC2)cc(C(=O)N2CCN(c3cccc(Cl)c3)C[C@@H]2C)n1C.Cc1c(CN2CCN(c3ccccc3Cl)CC2)ccn1C.Cl.Cl.Clc1cccc(Br)c1.I.O=C=O. The molecule has 6 aromatic carbocycles. The third kappa shape index (κ3) is 35.3. The molecule has 0 aliphatic carbocycles. The van der Waals surface area contributed by atoms with Gasteiger partial charge in [0.15, 0.2) is 0 Å². The van der Waals surface area contributed by atoms with Gasteiger partial charge in [-0.15, -0.1) is 48.8 Å². The van der Waals surface area contributed by atoms with Gasteiger partial charge in [0, 0.05) is 241 Å². The lowest BCUT2D eigenvalue weighted by molar-refractivity contribution is -0.191. The zero-order valence-corrected chi connectivity index (χ0v) is 82.1. The first-order chi connectivity index (χ1) is 56.1. The van der Waals surface area contributed by atoms with Gasteiger partial charge in [0.2, 0.25) is 0 Å². The Bertz CT molecular complexity index is 4540. The number of ether oxygens (including phenoxy) is 2. The molecule has 6 fully saturated rings. The van der Waals surface area contributed by atoms with Crippen LogP contribution < -0.4 is 35.1 Å². The molecule has 8 heterocycles. The molecule has 2 N–H and O–H groups in total. The van der Waals surface area contributed by atoms with Crippen LogP contribution >= 0.6 is 134 Å². The summed E-state index contributed by atoms with van der Waals surface area (Å²) in [7, 11) is 4.11. The smallest absolute Gasteiger partial charge is 0.410 e. The van der Waals surface area contributed by atoms with Crippen LogP contribution in [0.4, 0.5) is 38.0 Å². The van der Waals surface area contributed by atoms with Gasteiger partial charge >= 0.3 is 18.3 Å². The van der Waals surface area contributed by atoms with Crippen molar-refractivity contribution in [2.45, 2.75) is 146 Å². The fourth-order valence-corrected chi connectivity index (χ4v) is 16.4. The predicted molar refractivity (Wildman–Crippen MR) is 532 cm³/mol. The first-order valence-corrected chi connectivity index (χ1v) is 43.5. The number of aryl methyl sites for hydroxylation is 1. The first-order valence-electron chi connectivity index (χ1n) is 40.4. The Kier molecular flexibility index (Phi) is 48.7. The van der Waals surface area contributed by atoms with E-state index in [2.05, 4.69) is 153 Å². The minimum Gasteiger partial charge on any atom is -0.444 e. The van der Waals surface area contributed by atoms with E-state index in [1.54, 1.807) is 9.80 Å². The van der Waals surface area contributed by atoms with E-state index < -0.39 is 11.2 Å². The Morgan fingerprint density at radius 3 is 1.24 bits per heavy atom. The minimum absolute atomic E-state index is 0. The Balaban J connectivity index is 0.000000397. The van der Waals surface area contributed by atoms with E-state index in [1.807, 2.05) is 183 Å². The number of rotatable bonds is 10. The molecule has 31 heteroatoms. The van der Waals surface area contributed by atoms with Crippen molar-refractivity contribution < 1.29 is 33.4 Å². The highest BCUT2D eigenvalue weighted by Crippen LogP contribution is 2.32. The van der Waals surface area contributed by atoms with Crippen molar-refractivity contribution in [3.8, 4) is 0 Å². The monoisotopic (exact) mass is 2030 g/mol. The molecule has 0 unspecified atom stereocenters. The molecular weight excluding hydrogens is 1900 g/mol. The van der Waals surface area contributed by atoms with Crippen molar-refractivity contribution >= 4 is 187 Å². The van der Waals surface area contributed by atoms with E-state index in [1.165, 1.54) is 22.5 Å². The molecule has 123 heavy (non-hydrogen) atoms. The molecule has 0 spiro atoms. The highest BCUT2D eigenvalue weighted by Gasteiger charge is 2.34. The lowest BCUT2D eigenvalue weighted by Gasteiger charge is -2.41. The quantitative estimate of drug-likeness (QED) is 0.124. The van der Waals surface area contributed by atoms with Gasteiger partial charge < -0.3 is 68.4 Å². The molecule has 6 aliphatic rings. The van der Waals surface area contributed by atoms with E-state index in [-0.39, 0.29) is 106 Å². The second-order valence-corrected chi connectivity index (χ2v) is 35.9. The summed E-state index contributed by atoms with van der Waals surface area (Å²) in [4.78, 5) is 76.0. The number of carbonyl (C=O) groups is 3. The second kappa shape index (κ2) is 54.1. The summed E-state index contributed by atoms with van der Waals surface area (Å²) in [5.41, 5.74) is 10.8. The first kappa shape index (κ1) is 111. The molecule has 6 aliphatic heterocycles. The van der Waals surface area contributed by atoms with Crippen molar-refractivity contribution in [1.29, 1.82) is 0 Å². The number of nitrogens with one attached hydrogen (secondary N) is 2. The van der Waals surface area contributed by atoms with E-state index in [4.69, 9.17) is 88.7 Å². The third-order valence-electron chi connectivity index (χ3n) is 21.2. The summed E-state index contributed by atoms with van der Waals surface area (Å²) in [5.74, 6) is 0.110. The topological polar surface area (TPSA) is 170 Å². The van der Waals surface area contributed by atoms with Crippen LogP contribution in [0, 0.1) is 13.8 Å². The summed E-state index contributed by atoms with van der Waals surface area (Å²) < 4.78 is 16.0. The number of piperazine rings is 6. The number of hydrogen-bond donors (Lipinski definition) is 2. The Morgan fingerprint density at radius 2 is 0.862 bits per heavy atom. The lowest BCUT2D eigenvalue weighted by atomic mass is 10.1. The number of para-hydroxylation sites is 2. The van der Waals surface area contributed by atoms with Gasteiger partial charge in [-0.05, 0) is 203 Å². The molecule has 0 bridgehead atoms. The second-order valence-electron chi connectivity index (χ2n) is 32.4. The van der Waals surface area contributed by atoms with Gasteiger partial charge in [0.1, 0.15) is 16.9 Å². The molecule has 6 saturated heterocycles. The van der Waals surface area contributed by atoms with Crippen LogP contribution in [0.1, 0.15) is 117 Å². The Labute approximate surface area is 800 Å². The van der Waals surface area contributed by atoms with Crippen LogP contribution in [-0.2, 0) is 46.2 Å². The maximum Gasteiger partial charge on any atom is 0.410 e. The number of benzene rings is 6. The zero-order chi connectivity index (χ0) is 86.0. The van der Waals surface area contributed by atoms with E-state index >= 15 is 0 Å². The number of aromatic nitrogens is 2. The van der Waals surface area contributed by atoms with E-state index in [9.17, 15) is 14.4 Å². The van der Waals surface area contributed by atoms with E-state index in [0.717, 1.165) is 200 Å². The highest BCUT2D eigenvalue weighted by molar-refractivity contribution is 14.0. The summed E-state index contributed by atoms with van der Waals surface area (Å²) in [6.07, 6.45) is 1.96. The van der Waals surface area contributed by atoms with Crippen LogP contribution in [0.2, 0.25) is 30.1 Å². The molecule has 8 aromatic rings. The molecule has 3 amide bonds. The molecule has 680 valence electrons. The minimum atomic E-state index is -0.457. The van der Waals surface area contributed by atoms with E-state index in [0.29, 0.717) is 19.1 Å². The van der Waals surface area contributed by atoms with Crippen LogP contribution in [0.3, 0.4) is 0 Å². The number of hydrogen-bond acceptors (Lipinski definition) is 16. The number of halogens is 10. The molecule has 21 nitrogen and oxygen atoms in total. The largest absolute Gasteiger partial charge is 0.444 e. The Morgan fingerprint density at radius 1 is 0.463 bits per heavy atom. The maximum absolute atomic E-state index is 13.7. The van der Waals surface area contributed by atoms with Crippen molar-refractivity contribution in [3.63, 3.8) is 0 Å². The van der Waals surface area contributed by atoms with Crippen molar-refractivity contribution in [2.24, 2.45) is 14.1 Å². The van der Waals surface area contributed by atoms with Gasteiger partial charge in [-0.1, -0.05) is 149 Å². The van der Waals surface area contributed by atoms with Gasteiger partial charge in [-0.2, -0.15) is 9.59 Å². The number of anilines is 5. The molecule has 4 atom stereocenters. The van der Waals surface area contributed by atoms with Crippen LogP contribution in [0.5, 0.6) is 0 Å². The summed E-state index contributed by atoms with van der Waals surface area (Å²) in [6.45, 7) is 44.1. The van der Waals surface area contributed by atoms with Crippen LogP contribution in [0.25, 0.3) is 0 Å². The summed E-state index contributed by atoms with van der Waals surface area (Å²) in [5, 5.41) is 11.4. The van der Waals surface area contributed by atoms with Crippen LogP contribution in [-0.4, -0.2) is 224 Å². The van der Waals surface area contributed by atoms with Gasteiger partial charge in [-0.25, -0.2) is 9.59 Å². The number of carbonyl (C=O) groups excluding carboxylic acids is 5. The molecule has 2 aromatic heterocycles. The Hall–Kier alpha value is -6.36. The van der Waals surface area contributed by atoms with Gasteiger partial charge in [0.25, 0.3) is 5.91 Å². The molecular formula is C92H130BrCl8IN14O7. The summed E-state index contributed by atoms with van der Waals surface area (Å²) >= 11 is 39.8. The highest BCUT2D eigenvalue weighted by atomic mass is 127. The number of nitrogens with zero attached hydrogens (tertiary/aromatic N) is 12. The molecule has 14 rings (SSSR count). The zero-order valence-electron chi connectivity index (χ0n) is 72.0. The molecule has 0 saturated carbocycles. The van der Waals surface area contributed by atoms with Gasteiger partial charge in [-0.3, -0.25) is 14.6 Å². The van der Waals surface area contributed by atoms with Crippen LogP contribution in [0.15, 0.2) is 168 Å². The maximum atomic E-state index is 13.7. The predicted octanol–water partition coefficient (Wildman–Crippen LogP) is 21.0. The molecule has 0 radical (unpaired) electrons. The summed E-state index contributed by atoms with van der Waals surface area (Å²) in [6, 6.07) is 52.8. The third-order valence-corrected chi connectivity index (χ3v) is 23.3. The lowest BCUT2D eigenvalue weighted by Crippen LogP contribution is -2.55. The standard InChI is InChI=1S/C29H35Cl2N5O.C17H22ClN3.C16H23ClN2O2.C11H15ClN2.C10H20N2O2.C6H4BrCl.CO2.2CH4.2ClH.HI/c1-21-19-35(25-8-6-7-24(30)18-25)15-16-36(21)29(37)28-17-23(22(2)32(28)3)20-33-11-13-34(14-12-33)27-10-5-4-9-26(27)31;1-14-15(7-8-19(14)2)13-20-9-11-21(12-10-20)17-6-4-3-5-16(17)18;1-12-11-18(14-7-5-6-13(17)10-14)8-9-19(12)15(20)21-16(2,3)4;1-9-8-14(6-5-13-9)11-4-2-3-10(12)7-11;1-8-7-11-5-6-12(8)9(13)14-10(2,3)4;7-5-2-1-3-6(8)4-5;2-1-3;;;;;/h4-10,17-18,21H,11-16,19-20H2,1-3H3;3-8H,9-13H2,1-2H3;5-7,10,12H,8-9,11H2,1-4H3;2-4,7,9,13H,5-6,8H2,1H3;8,11H,5-7H2,1-4H3;1-4H;;2*1H4;3*1H/t21-;;12-;9-;8-;;;;;;;/m0.000......./s1. The van der Waals surface area contributed by atoms with Crippen molar-refractivity contribution in [3.05, 3.63) is 227 Å². The van der Waals surface area contributed by atoms with Crippen molar-refractivity contribution in [1.82, 2.24) is 44.3 Å².